The highest BCUT2D eigenvalue weighted by Gasteiger charge is 2.49. The van der Waals surface area contributed by atoms with E-state index in [1.54, 1.807) is 12.5 Å². The number of imidazole rings is 1. The smallest absolute Gasteiger partial charge is 0.233 e. The summed E-state index contributed by atoms with van der Waals surface area (Å²) >= 11 is 0. The van der Waals surface area contributed by atoms with Gasteiger partial charge >= 0.3 is 0 Å². The molecular formula is C24H29N3O3. The summed E-state index contributed by atoms with van der Waals surface area (Å²) in [5.41, 5.74) is 10.3. The SMILES string of the molecule is Cc1ccc(CC[C@]2(Cn3ccnc3)OC[C@](C)(Oc3ccc(N)cc3)O2)c(C)c1. The van der Waals surface area contributed by atoms with Gasteiger partial charge in [-0.05, 0) is 55.7 Å². The van der Waals surface area contributed by atoms with E-state index in [-0.39, 0.29) is 0 Å². The number of nitrogens with two attached hydrogens (primary N) is 1. The molecule has 0 spiro atoms. The number of anilines is 1. The highest BCUT2D eigenvalue weighted by molar-refractivity contribution is 5.41. The Morgan fingerprint density at radius 1 is 1.17 bits per heavy atom. The van der Waals surface area contributed by atoms with E-state index in [1.807, 2.05) is 42.0 Å². The van der Waals surface area contributed by atoms with Crippen LogP contribution in [0.2, 0.25) is 0 Å². The fourth-order valence-corrected chi connectivity index (χ4v) is 3.94. The Bertz CT molecular complexity index is 987. The molecule has 6 heteroatoms. The van der Waals surface area contributed by atoms with Gasteiger partial charge in [0, 0.05) is 31.4 Å². The fourth-order valence-electron chi connectivity index (χ4n) is 3.94. The number of rotatable bonds is 7. The molecule has 2 atom stereocenters. The minimum absolute atomic E-state index is 0.332. The molecule has 1 fully saturated rings. The number of aryl methyl sites for hydroxylation is 3. The first-order valence-corrected chi connectivity index (χ1v) is 10.3. The number of ether oxygens (including phenoxy) is 3. The third-order valence-electron chi connectivity index (χ3n) is 5.47. The van der Waals surface area contributed by atoms with Crippen LogP contribution in [0.1, 0.15) is 30.0 Å². The van der Waals surface area contributed by atoms with Gasteiger partial charge in [-0.15, -0.1) is 0 Å². The van der Waals surface area contributed by atoms with Gasteiger partial charge in [-0.3, -0.25) is 0 Å². The molecule has 158 valence electrons. The minimum Gasteiger partial charge on any atom is -0.460 e. The molecule has 1 aromatic heterocycles. The predicted octanol–water partition coefficient (Wildman–Crippen LogP) is 4.25. The average Bonchev–Trinajstić information content (AvgIpc) is 3.32. The van der Waals surface area contributed by atoms with E-state index in [4.69, 9.17) is 19.9 Å². The standard InChI is InChI=1S/C24H29N3O3/c1-18-4-5-20(19(2)14-18)10-11-24(15-27-13-12-26-17-27)28-16-23(3,30-24)29-22-8-6-21(25)7-9-22/h4-9,12-14,17H,10-11,15-16,25H2,1-3H3/t23-,24+/m1/s1. The fraction of sp³-hybridized carbons (Fsp3) is 0.375. The van der Waals surface area contributed by atoms with Gasteiger partial charge in [0.1, 0.15) is 12.4 Å². The van der Waals surface area contributed by atoms with E-state index in [0.29, 0.717) is 31.0 Å². The van der Waals surface area contributed by atoms with Crippen molar-refractivity contribution in [2.45, 2.75) is 51.7 Å². The van der Waals surface area contributed by atoms with E-state index in [2.05, 4.69) is 37.0 Å². The molecule has 4 rings (SSSR count). The van der Waals surface area contributed by atoms with Crippen molar-refractivity contribution in [1.82, 2.24) is 9.55 Å². The number of hydrogen-bond acceptors (Lipinski definition) is 5. The Hall–Kier alpha value is -2.83. The van der Waals surface area contributed by atoms with Gasteiger partial charge in [0.25, 0.3) is 0 Å². The highest BCUT2D eigenvalue weighted by Crippen LogP contribution is 2.38. The number of benzene rings is 2. The van der Waals surface area contributed by atoms with Crippen LogP contribution in [0.3, 0.4) is 0 Å². The van der Waals surface area contributed by atoms with Crippen molar-refractivity contribution >= 4 is 5.69 Å². The first-order valence-electron chi connectivity index (χ1n) is 10.3. The number of hydrogen-bond donors (Lipinski definition) is 1. The van der Waals surface area contributed by atoms with Crippen LogP contribution in [0.4, 0.5) is 5.69 Å². The van der Waals surface area contributed by atoms with Gasteiger partial charge in [0.15, 0.2) is 5.79 Å². The molecule has 0 saturated carbocycles. The van der Waals surface area contributed by atoms with E-state index >= 15 is 0 Å². The van der Waals surface area contributed by atoms with Crippen molar-refractivity contribution in [3.63, 3.8) is 0 Å². The summed E-state index contributed by atoms with van der Waals surface area (Å²) in [6.45, 7) is 7.05. The van der Waals surface area contributed by atoms with E-state index in [0.717, 1.165) is 6.42 Å². The highest BCUT2D eigenvalue weighted by atomic mass is 16.8. The number of aromatic nitrogens is 2. The molecule has 2 aromatic carbocycles. The lowest BCUT2D eigenvalue weighted by molar-refractivity contribution is -0.237. The Morgan fingerprint density at radius 3 is 2.67 bits per heavy atom. The third-order valence-corrected chi connectivity index (χ3v) is 5.47. The number of nitrogens with zero attached hydrogens (tertiary/aromatic N) is 2. The maximum Gasteiger partial charge on any atom is 0.233 e. The minimum atomic E-state index is -0.890. The molecule has 1 saturated heterocycles. The van der Waals surface area contributed by atoms with E-state index in [9.17, 15) is 0 Å². The first kappa shape index (κ1) is 20.4. The summed E-state index contributed by atoms with van der Waals surface area (Å²) in [4.78, 5) is 4.16. The second-order valence-electron chi connectivity index (χ2n) is 8.27. The maximum absolute atomic E-state index is 6.51. The van der Waals surface area contributed by atoms with Crippen molar-refractivity contribution in [3.05, 3.63) is 77.9 Å². The molecule has 0 amide bonds. The Morgan fingerprint density at radius 2 is 1.97 bits per heavy atom. The molecule has 3 aromatic rings. The maximum atomic E-state index is 6.51. The summed E-state index contributed by atoms with van der Waals surface area (Å²) in [7, 11) is 0. The second kappa shape index (κ2) is 8.13. The lowest BCUT2D eigenvalue weighted by Gasteiger charge is -2.31. The quantitative estimate of drug-likeness (QED) is 0.593. The molecule has 1 aliphatic heterocycles. The van der Waals surface area contributed by atoms with Crippen LogP contribution in [-0.4, -0.2) is 27.7 Å². The molecule has 0 radical (unpaired) electrons. The van der Waals surface area contributed by atoms with Crippen LogP contribution in [0.15, 0.2) is 61.2 Å². The third kappa shape index (κ3) is 4.66. The van der Waals surface area contributed by atoms with Gasteiger partial charge in [0.2, 0.25) is 5.79 Å². The second-order valence-corrected chi connectivity index (χ2v) is 8.27. The van der Waals surface area contributed by atoms with Crippen molar-refractivity contribution in [2.75, 3.05) is 12.3 Å². The van der Waals surface area contributed by atoms with Gasteiger partial charge in [-0.25, -0.2) is 4.98 Å². The summed E-state index contributed by atoms with van der Waals surface area (Å²) < 4.78 is 20.9. The zero-order valence-electron chi connectivity index (χ0n) is 17.8. The Balaban J connectivity index is 1.53. The van der Waals surface area contributed by atoms with E-state index < -0.39 is 11.6 Å². The topological polar surface area (TPSA) is 71.5 Å². The van der Waals surface area contributed by atoms with Gasteiger partial charge in [-0.2, -0.15) is 0 Å². The van der Waals surface area contributed by atoms with Crippen molar-refractivity contribution in [3.8, 4) is 5.75 Å². The first-order chi connectivity index (χ1) is 14.3. The Labute approximate surface area is 177 Å². The average molecular weight is 408 g/mol. The monoisotopic (exact) mass is 407 g/mol. The summed E-state index contributed by atoms with van der Waals surface area (Å²) in [6, 6.07) is 13.9. The molecule has 30 heavy (non-hydrogen) atoms. The van der Waals surface area contributed by atoms with Crippen LogP contribution in [0, 0.1) is 13.8 Å². The number of nitrogen functional groups attached to an aromatic ring is 1. The molecule has 6 nitrogen and oxygen atoms in total. The van der Waals surface area contributed by atoms with Crippen LogP contribution < -0.4 is 10.5 Å². The molecule has 2 heterocycles. The molecule has 0 aliphatic carbocycles. The van der Waals surface area contributed by atoms with Gasteiger partial charge in [-0.1, -0.05) is 23.8 Å². The lowest BCUT2D eigenvalue weighted by atomic mass is 9.98. The van der Waals surface area contributed by atoms with Crippen molar-refractivity contribution in [2.24, 2.45) is 0 Å². The molecule has 0 unspecified atom stereocenters. The van der Waals surface area contributed by atoms with Crippen molar-refractivity contribution < 1.29 is 14.2 Å². The predicted molar refractivity (Wildman–Crippen MR) is 116 cm³/mol. The van der Waals surface area contributed by atoms with Crippen LogP contribution >= 0.6 is 0 Å². The van der Waals surface area contributed by atoms with Crippen LogP contribution in [0.25, 0.3) is 0 Å². The summed E-state index contributed by atoms with van der Waals surface area (Å²) in [5, 5.41) is 0. The van der Waals surface area contributed by atoms with Gasteiger partial charge < -0.3 is 24.5 Å². The van der Waals surface area contributed by atoms with Crippen molar-refractivity contribution in [1.29, 1.82) is 0 Å². The zero-order chi connectivity index (χ0) is 21.2. The normalized spacial score (nSPS) is 23.6. The molecular weight excluding hydrogens is 378 g/mol. The molecule has 2 N–H and O–H groups in total. The molecule has 0 bridgehead atoms. The molecule has 1 aliphatic rings. The van der Waals surface area contributed by atoms with Gasteiger partial charge in [0.05, 0.1) is 12.9 Å². The van der Waals surface area contributed by atoms with E-state index in [1.165, 1.54) is 16.7 Å². The Kier molecular flexibility index (Phi) is 5.54. The summed E-state index contributed by atoms with van der Waals surface area (Å²) in [5.74, 6) is -0.998. The largest absolute Gasteiger partial charge is 0.460 e. The summed E-state index contributed by atoms with van der Waals surface area (Å²) in [6.07, 6.45) is 7.01. The lowest BCUT2D eigenvalue weighted by Crippen LogP contribution is -2.41. The zero-order valence-corrected chi connectivity index (χ0v) is 17.8. The van der Waals surface area contributed by atoms with Crippen LogP contribution in [-0.2, 0) is 22.4 Å². The van der Waals surface area contributed by atoms with Crippen LogP contribution in [0.5, 0.6) is 5.75 Å².